The van der Waals surface area contributed by atoms with Crippen molar-refractivity contribution in [3.63, 3.8) is 0 Å². The summed E-state index contributed by atoms with van der Waals surface area (Å²) < 4.78 is 5.56. The molecular weight excluding hydrogens is 300 g/mol. The van der Waals surface area contributed by atoms with Crippen LogP contribution in [0.3, 0.4) is 0 Å². The standard InChI is InChI=1S/C20H30N2O2/c1-14(2)16-6-7-17(19(12-16)24-3)13-21-18-8-10-22(11-9-18)20(23)15-4-5-15/h6-7,12,14-15,18,21H,4-5,8-11,13H2,1-3H3. The van der Waals surface area contributed by atoms with E-state index < -0.39 is 0 Å². The number of likely N-dealkylation sites (tertiary alicyclic amines) is 1. The third-order valence-electron chi connectivity index (χ3n) is 5.29. The molecule has 1 aromatic carbocycles. The van der Waals surface area contributed by atoms with E-state index >= 15 is 0 Å². The Morgan fingerprint density at radius 2 is 1.96 bits per heavy atom. The second-order valence-corrected chi connectivity index (χ2v) is 7.48. The molecule has 1 aliphatic carbocycles. The van der Waals surface area contributed by atoms with E-state index in [0.717, 1.165) is 51.1 Å². The Bertz CT molecular complexity index is 573. The Morgan fingerprint density at radius 1 is 1.25 bits per heavy atom. The molecule has 0 bridgehead atoms. The number of rotatable bonds is 6. The highest BCUT2D eigenvalue weighted by Crippen LogP contribution is 2.32. The molecule has 4 heteroatoms. The zero-order valence-electron chi connectivity index (χ0n) is 15.2. The number of benzene rings is 1. The highest BCUT2D eigenvalue weighted by molar-refractivity contribution is 5.81. The number of nitrogens with zero attached hydrogens (tertiary/aromatic N) is 1. The lowest BCUT2D eigenvalue weighted by atomic mass is 10.00. The van der Waals surface area contributed by atoms with Crippen molar-refractivity contribution in [1.29, 1.82) is 0 Å². The topological polar surface area (TPSA) is 41.6 Å². The molecule has 2 aliphatic rings. The van der Waals surface area contributed by atoms with E-state index in [1.165, 1.54) is 11.1 Å². The maximum absolute atomic E-state index is 12.1. The van der Waals surface area contributed by atoms with Crippen molar-refractivity contribution in [2.45, 2.75) is 58.0 Å². The molecule has 1 aliphatic heterocycles. The van der Waals surface area contributed by atoms with Gasteiger partial charge in [0.25, 0.3) is 0 Å². The van der Waals surface area contributed by atoms with Gasteiger partial charge in [0.2, 0.25) is 5.91 Å². The third kappa shape index (κ3) is 4.10. The summed E-state index contributed by atoms with van der Waals surface area (Å²) in [5.41, 5.74) is 2.51. The number of hydrogen-bond acceptors (Lipinski definition) is 3. The fourth-order valence-electron chi connectivity index (χ4n) is 3.41. The molecule has 24 heavy (non-hydrogen) atoms. The molecule has 4 nitrogen and oxygen atoms in total. The quantitative estimate of drug-likeness (QED) is 0.870. The van der Waals surface area contributed by atoms with Crippen LogP contribution in [0.5, 0.6) is 5.75 Å². The van der Waals surface area contributed by atoms with Crippen LogP contribution in [0.25, 0.3) is 0 Å². The predicted molar refractivity (Wildman–Crippen MR) is 96.2 cm³/mol. The van der Waals surface area contributed by atoms with Crippen LogP contribution in [0.1, 0.15) is 56.6 Å². The van der Waals surface area contributed by atoms with Crippen LogP contribution in [0.4, 0.5) is 0 Å². The summed E-state index contributed by atoms with van der Waals surface area (Å²) in [7, 11) is 1.74. The molecule has 2 fully saturated rings. The van der Waals surface area contributed by atoms with Gasteiger partial charge >= 0.3 is 0 Å². The van der Waals surface area contributed by atoms with Gasteiger partial charge in [-0.2, -0.15) is 0 Å². The fraction of sp³-hybridized carbons (Fsp3) is 0.650. The van der Waals surface area contributed by atoms with Crippen molar-refractivity contribution < 1.29 is 9.53 Å². The average Bonchev–Trinajstić information content (AvgIpc) is 3.44. The summed E-state index contributed by atoms with van der Waals surface area (Å²) in [5.74, 6) is 2.21. The minimum absolute atomic E-state index is 0.346. The molecule has 0 aromatic heterocycles. The van der Waals surface area contributed by atoms with E-state index in [0.29, 0.717) is 23.8 Å². The number of amides is 1. The van der Waals surface area contributed by atoms with E-state index in [-0.39, 0.29) is 0 Å². The van der Waals surface area contributed by atoms with Crippen LogP contribution < -0.4 is 10.1 Å². The number of nitrogens with one attached hydrogen (secondary N) is 1. The van der Waals surface area contributed by atoms with Crippen LogP contribution >= 0.6 is 0 Å². The zero-order chi connectivity index (χ0) is 17.1. The lowest BCUT2D eigenvalue weighted by molar-refractivity contribution is -0.133. The van der Waals surface area contributed by atoms with E-state index in [4.69, 9.17) is 4.74 Å². The SMILES string of the molecule is COc1cc(C(C)C)ccc1CNC1CCN(C(=O)C2CC2)CC1. The molecule has 1 aromatic rings. The average molecular weight is 330 g/mol. The van der Waals surface area contributed by atoms with Crippen LogP contribution in [0.2, 0.25) is 0 Å². The second-order valence-electron chi connectivity index (χ2n) is 7.48. The second kappa shape index (κ2) is 7.56. The first-order valence-electron chi connectivity index (χ1n) is 9.27. The summed E-state index contributed by atoms with van der Waals surface area (Å²) in [4.78, 5) is 14.2. The van der Waals surface area contributed by atoms with Gasteiger partial charge in [0.1, 0.15) is 5.75 Å². The van der Waals surface area contributed by atoms with Crippen LogP contribution in [-0.4, -0.2) is 37.0 Å². The molecule has 1 saturated carbocycles. The lowest BCUT2D eigenvalue weighted by Crippen LogP contribution is -2.45. The number of carbonyl (C=O) groups is 1. The van der Waals surface area contributed by atoms with Gasteiger partial charge in [-0.05, 0) is 43.2 Å². The zero-order valence-corrected chi connectivity index (χ0v) is 15.2. The van der Waals surface area contributed by atoms with Gasteiger partial charge in [-0.25, -0.2) is 0 Å². The minimum atomic E-state index is 0.346. The molecule has 3 rings (SSSR count). The smallest absolute Gasteiger partial charge is 0.225 e. The van der Waals surface area contributed by atoms with Gasteiger partial charge < -0.3 is 15.0 Å². The van der Waals surface area contributed by atoms with E-state index in [1.54, 1.807) is 7.11 Å². The first-order valence-corrected chi connectivity index (χ1v) is 9.27. The molecule has 0 spiro atoms. The van der Waals surface area contributed by atoms with Crippen molar-refractivity contribution in [3.05, 3.63) is 29.3 Å². The number of carbonyl (C=O) groups excluding carboxylic acids is 1. The van der Waals surface area contributed by atoms with Gasteiger partial charge in [0.15, 0.2) is 0 Å². The van der Waals surface area contributed by atoms with Crippen molar-refractivity contribution >= 4 is 5.91 Å². The molecule has 0 atom stereocenters. The highest BCUT2D eigenvalue weighted by atomic mass is 16.5. The maximum atomic E-state index is 12.1. The van der Waals surface area contributed by atoms with Crippen molar-refractivity contribution in [3.8, 4) is 5.75 Å². The van der Waals surface area contributed by atoms with Gasteiger partial charge in [-0.1, -0.05) is 26.0 Å². The van der Waals surface area contributed by atoms with Crippen LogP contribution in [0.15, 0.2) is 18.2 Å². The number of ether oxygens (including phenoxy) is 1. The molecule has 1 amide bonds. The Labute approximate surface area is 145 Å². The van der Waals surface area contributed by atoms with Crippen LogP contribution in [0, 0.1) is 5.92 Å². The fourth-order valence-corrected chi connectivity index (χ4v) is 3.41. The molecule has 1 saturated heterocycles. The Balaban J connectivity index is 1.50. The van der Waals surface area contributed by atoms with Gasteiger partial charge in [-0.15, -0.1) is 0 Å². The van der Waals surface area contributed by atoms with E-state index in [1.807, 2.05) is 0 Å². The largest absolute Gasteiger partial charge is 0.496 e. The third-order valence-corrected chi connectivity index (χ3v) is 5.29. The molecule has 132 valence electrons. The Kier molecular flexibility index (Phi) is 5.44. The predicted octanol–water partition coefficient (Wildman–Crippen LogP) is 3.31. The van der Waals surface area contributed by atoms with Crippen molar-refractivity contribution in [2.75, 3.05) is 20.2 Å². The van der Waals surface area contributed by atoms with E-state index in [9.17, 15) is 4.79 Å². The first-order chi connectivity index (χ1) is 11.6. The summed E-state index contributed by atoms with van der Waals surface area (Å²) in [6, 6.07) is 7.01. The Hall–Kier alpha value is -1.55. The van der Waals surface area contributed by atoms with Crippen LogP contribution in [-0.2, 0) is 11.3 Å². The molecule has 1 N–H and O–H groups in total. The summed E-state index contributed by atoms with van der Waals surface area (Å²) in [6.07, 6.45) is 4.29. The van der Waals surface area contributed by atoms with Gasteiger partial charge in [0, 0.05) is 37.2 Å². The Morgan fingerprint density at radius 3 is 2.54 bits per heavy atom. The molecule has 0 radical (unpaired) electrons. The molecular formula is C20H30N2O2. The monoisotopic (exact) mass is 330 g/mol. The highest BCUT2D eigenvalue weighted by Gasteiger charge is 2.34. The summed E-state index contributed by atoms with van der Waals surface area (Å²) in [6.45, 7) is 7.02. The van der Waals surface area contributed by atoms with Crippen molar-refractivity contribution in [2.24, 2.45) is 5.92 Å². The van der Waals surface area contributed by atoms with Gasteiger partial charge in [-0.3, -0.25) is 4.79 Å². The molecule has 1 heterocycles. The number of piperidine rings is 1. The lowest BCUT2D eigenvalue weighted by Gasteiger charge is -2.32. The summed E-state index contributed by atoms with van der Waals surface area (Å²) >= 11 is 0. The van der Waals surface area contributed by atoms with E-state index in [2.05, 4.69) is 42.3 Å². The normalized spacial score (nSPS) is 18.9. The number of methoxy groups -OCH3 is 1. The number of hydrogen-bond donors (Lipinski definition) is 1. The van der Waals surface area contributed by atoms with Crippen molar-refractivity contribution in [1.82, 2.24) is 10.2 Å². The first kappa shape index (κ1) is 17.3. The maximum Gasteiger partial charge on any atom is 0.225 e. The molecule has 0 unspecified atom stereocenters. The summed E-state index contributed by atoms with van der Waals surface area (Å²) in [5, 5.41) is 3.65. The van der Waals surface area contributed by atoms with Gasteiger partial charge in [0.05, 0.1) is 7.11 Å². The minimum Gasteiger partial charge on any atom is -0.496 e.